The third-order valence-corrected chi connectivity index (χ3v) is 4.05. The van der Waals surface area contributed by atoms with E-state index in [-0.39, 0.29) is 24.8 Å². The summed E-state index contributed by atoms with van der Waals surface area (Å²) in [7, 11) is 3.28. The maximum atomic E-state index is 12.2. The number of hydrogen-bond acceptors (Lipinski definition) is 4. The van der Waals surface area contributed by atoms with Crippen LogP contribution in [0.2, 0.25) is 0 Å². The predicted octanol–water partition coefficient (Wildman–Crippen LogP) is 2.74. The number of benzene rings is 2. The Labute approximate surface area is 160 Å². The van der Waals surface area contributed by atoms with Crippen LogP contribution >= 0.6 is 0 Å². The van der Waals surface area contributed by atoms with Crippen molar-refractivity contribution < 1.29 is 19.1 Å². The van der Waals surface area contributed by atoms with Crippen LogP contribution in [-0.2, 0) is 4.79 Å². The molecule has 1 N–H and O–H groups in total. The minimum Gasteiger partial charge on any atom is -0.496 e. The number of carbonyl (C=O) groups excluding carboxylic acids is 2. The van der Waals surface area contributed by atoms with Gasteiger partial charge in [0.2, 0.25) is 5.91 Å². The van der Waals surface area contributed by atoms with Crippen molar-refractivity contribution in [2.45, 2.75) is 12.8 Å². The third kappa shape index (κ3) is 6.66. The molecule has 0 aliphatic rings. The largest absolute Gasteiger partial charge is 0.496 e. The van der Waals surface area contributed by atoms with Crippen molar-refractivity contribution in [3.8, 4) is 11.5 Å². The van der Waals surface area contributed by atoms with Crippen molar-refractivity contribution in [2.75, 3.05) is 33.9 Å². The van der Waals surface area contributed by atoms with Crippen LogP contribution in [0.1, 0.15) is 23.2 Å². The van der Waals surface area contributed by atoms with Gasteiger partial charge >= 0.3 is 0 Å². The summed E-state index contributed by atoms with van der Waals surface area (Å²) in [5, 5.41) is 2.76. The minimum absolute atomic E-state index is 0.0185. The molecule has 144 valence electrons. The highest BCUT2D eigenvalue weighted by Gasteiger charge is 2.13. The van der Waals surface area contributed by atoms with Crippen molar-refractivity contribution in [1.82, 2.24) is 10.2 Å². The maximum Gasteiger partial charge on any atom is 0.255 e. The first-order valence-electron chi connectivity index (χ1n) is 8.95. The highest BCUT2D eigenvalue weighted by molar-refractivity contribution is 5.97. The minimum atomic E-state index is -0.251. The lowest BCUT2D eigenvalue weighted by molar-refractivity contribution is -0.129. The summed E-state index contributed by atoms with van der Waals surface area (Å²) in [6.07, 6.45) is 0.988. The number of nitrogens with one attached hydrogen (secondary N) is 1. The molecule has 27 heavy (non-hydrogen) atoms. The summed E-state index contributed by atoms with van der Waals surface area (Å²) >= 11 is 0. The van der Waals surface area contributed by atoms with Crippen LogP contribution in [0.5, 0.6) is 11.5 Å². The van der Waals surface area contributed by atoms with E-state index in [1.807, 2.05) is 30.3 Å². The Hall–Kier alpha value is -3.02. The molecule has 2 aromatic rings. The maximum absolute atomic E-state index is 12.2. The van der Waals surface area contributed by atoms with Gasteiger partial charge in [-0.2, -0.15) is 0 Å². The molecule has 2 rings (SSSR count). The van der Waals surface area contributed by atoms with Crippen LogP contribution in [0, 0.1) is 0 Å². The Morgan fingerprint density at radius 1 is 1.04 bits per heavy atom. The molecule has 0 saturated heterocycles. The van der Waals surface area contributed by atoms with E-state index in [2.05, 4.69) is 5.32 Å². The van der Waals surface area contributed by atoms with Gasteiger partial charge in [-0.3, -0.25) is 9.59 Å². The highest BCUT2D eigenvalue weighted by Crippen LogP contribution is 2.16. The standard InChI is InChI=1S/C21H26N2O4/c1-23(15-8-16-27-17-9-4-3-5-10-17)20(24)13-14-22-21(25)18-11-6-7-12-19(18)26-2/h3-7,9-12H,8,13-16H2,1-2H3,(H,22,25). The number of methoxy groups -OCH3 is 1. The Balaban J connectivity index is 1.65. The van der Waals surface area contributed by atoms with Crippen LogP contribution in [0.25, 0.3) is 0 Å². The van der Waals surface area contributed by atoms with E-state index in [0.29, 0.717) is 24.5 Å². The van der Waals surface area contributed by atoms with Crippen LogP contribution in [0.3, 0.4) is 0 Å². The summed E-state index contributed by atoms with van der Waals surface area (Å²) in [5.74, 6) is 1.07. The van der Waals surface area contributed by atoms with Gasteiger partial charge in [0.1, 0.15) is 11.5 Å². The number of rotatable bonds is 10. The fraction of sp³-hybridized carbons (Fsp3) is 0.333. The number of hydrogen-bond donors (Lipinski definition) is 1. The first-order valence-corrected chi connectivity index (χ1v) is 8.95. The van der Waals surface area contributed by atoms with Gasteiger partial charge < -0.3 is 19.7 Å². The fourth-order valence-corrected chi connectivity index (χ4v) is 2.53. The molecule has 0 aliphatic carbocycles. The van der Waals surface area contributed by atoms with Gasteiger partial charge in [0.25, 0.3) is 5.91 Å². The lowest BCUT2D eigenvalue weighted by atomic mass is 10.2. The molecule has 0 radical (unpaired) electrons. The second-order valence-electron chi connectivity index (χ2n) is 6.04. The molecule has 0 unspecified atom stereocenters. The fourth-order valence-electron chi connectivity index (χ4n) is 2.53. The molecular weight excluding hydrogens is 344 g/mol. The Morgan fingerprint density at radius 3 is 2.48 bits per heavy atom. The van der Waals surface area contributed by atoms with E-state index < -0.39 is 0 Å². The van der Waals surface area contributed by atoms with Crippen LogP contribution in [0.15, 0.2) is 54.6 Å². The zero-order valence-corrected chi connectivity index (χ0v) is 15.8. The summed E-state index contributed by atoms with van der Waals surface area (Å²) in [6, 6.07) is 16.6. The average Bonchev–Trinajstić information content (AvgIpc) is 2.71. The van der Waals surface area contributed by atoms with Crippen LogP contribution in [0.4, 0.5) is 0 Å². The molecule has 2 amide bonds. The highest BCUT2D eigenvalue weighted by atomic mass is 16.5. The van der Waals surface area contributed by atoms with E-state index in [9.17, 15) is 9.59 Å². The molecule has 6 heteroatoms. The molecule has 0 fully saturated rings. The van der Waals surface area contributed by atoms with Gasteiger partial charge in [-0.05, 0) is 30.7 Å². The molecule has 0 heterocycles. The Kier molecular flexibility index (Phi) is 8.16. The lowest BCUT2D eigenvalue weighted by Gasteiger charge is -2.17. The molecule has 0 aromatic heterocycles. The van der Waals surface area contributed by atoms with Crippen molar-refractivity contribution >= 4 is 11.8 Å². The molecule has 6 nitrogen and oxygen atoms in total. The zero-order chi connectivity index (χ0) is 19.5. The summed E-state index contributed by atoms with van der Waals surface area (Å²) < 4.78 is 10.8. The van der Waals surface area contributed by atoms with Gasteiger partial charge in [0.15, 0.2) is 0 Å². The summed E-state index contributed by atoms with van der Waals surface area (Å²) in [4.78, 5) is 26.0. The van der Waals surface area contributed by atoms with Crippen molar-refractivity contribution in [2.24, 2.45) is 0 Å². The normalized spacial score (nSPS) is 10.1. The quantitative estimate of drug-likeness (QED) is 0.653. The van der Waals surface area contributed by atoms with E-state index in [1.54, 1.807) is 36.2 Å². The molecule has 0 spiro atoms. The molecular formula is C21H26N2O4. The van der Waals surface area contributed by atoms with Gasteiger partial charge in [0.05, 0.1) is 19.3 Å². The van der Waals surface area contributed by atoms with Gasteiger partial charge in [0, 0.05) is 26.6 Å². The van der Waals surface area contributed by atoms with E-state index in [1.165, 1.54) is 7.11 Å². The van der Waals surface area contributed by atoms with Gasteiger partial charge in [-0.15, -0.1) is 0 Å². The molecule has 2 aromatic carbocycles. The number of amides is 2. The third-order valence-electron chi connectivity index (χ3n) is 4.05. The first-order chi connectivity index (χ1) is 13.1. The summed E-state index contributed by atoms with van der Waals surface area (Å²) in [5.41, 5.74) is 0.457. The van der Waals surface area contributed by atoms with Crippen molar-refractivity contribution in [3.05, 3.63) is 60.2 Å². The number of carbonyl (C=O) groups is 2. The monoisotopic (exact) mass is 370 g/mol. The van der Waals surface area contributed by atoms with Gasteiger partial charge in [-0.25, -0.2) is 0 Å². The zero-order valence-electron chi connectivity index (χ0n) is 15.8. The topological polar surface area (TPSA) is 67.9 Å². The number of ether oxygens (including phenoxy) is 2. The van der Waals surface area contributed by atoms with E-state index in [4.69, 9.17) is 9.47 Å². The lowest BCUT2D eigenvalue weighted by Crippen LogP contribution is -2.33. The van der Waals surface area contributed by atoms with E-state index in [0.717, 1.165) is 12.2 Å². The second kappa shape index (κ2) is 10.9. The predicted molar refractivity (Wildman–Crippen MR) is 104 cm³/mol. The van der Waals surface area contributed by atoms with Crippen molar-refractivity contribution in [1.29, 1.82) is 0 Å². The van der Waals surface area contributed by atoms with Crippen LogP contribution in [-0.4, -0.2) is 50.6 Å². The number of para-hydroxylation sites is 2. The van der Waals surface area contributed by atoms with Gasteiger partial charge in [-0.1, -0.05) is 30.3 Å². The number of nitrogens with zero attached hydrogens (tertiary/aromatic N) is 1. The average molecular weight is 370 g/mol. The Morgan fingerprint density at radius 2 is 1.74 bits per heavy atom. The Bertz CT molecular complexity index is 734. The molecule has 0 saturated carbocycles. The smallest absolute Gasteiger partial charge is 0.255 e. The molecule has 0 atom stereocenters. The van der Waals surface area contributed by atoms with Crippen molar-refractivity contribution in [3.63, 3.8) is 0 Å². The SMILES string of the molecule is COc1ccccc1C(=O)NCCC(=O)N(C)CCCOc1ccccc1. The summed E-state index contributed by atoms with van der Waals surface area (Å²) in [6.45, 7) is 1.43. The first kappa shape index (κ1) is 20.3. The second-order valence-corrected chi connectivity index (χ2v) is 6.04. The van der Waals surface area contributed by atoms with Crippen LogP contribution < -0.4 is 14.8 Å². The molecule has 0 aliphatic heterocycles. The van der Waals surface area contributed by atoms with E-state index >= 15 is 0 Å². The molecule has 0 bridgehead atoms.